The highest BCUT2D eigenvalue weighted by atomic mass is 35.5. The summed E-state index contributed by atoms with van der Waals surface area (Å²) in [5.74, 6) is -3.05. The molecule has 17 heavy (non-hydrogen) atoms. The molecule has 0 fully saturated rings. The molecule has 0 heterocycles. The maximum atomic E-state index is 12.7. The Labute approximate surface area is 102 Å². The third kappa shape index (κ3) is 3.38. The van der Waals surface area contributed by atoms with E-state index in [0.717, 1.165) is 7.11 Å². The summed E-state index contributed by atoms with van der Waals surface area (Å²) in [6, 6.07) is 5.65. The van der Waals surface area contributed by atoms with Gasteiger partial charge in [0.15, 0.2) is 0 Å². The van der Waals surface area contributed by atoms with Crippen molar-refractivity contribution in [2.75, 3.05) is 7.11 Å². The predicted octanol–water partition coefficient (Wildman–Crippen LogP) is 2.43. The quantitative estimate of drug-likeness (QED) is 0.850. The summed E-state index contributed by atoms with van der Waals surface area (Å²) in [6.07, 6.45) is -4.63. The summed E-state index contributed by atoms with van der Waals surface area (Å²) in [5, 5.41) is 10.1. The molecule has 0 amide bonds. The second-order valence-electron chi connectivity index (χ2n) is 3.38. The van der Waals surface area contributed by atoms with Crippen molar-refractivity contribution < 1.29 is 23.4 Å². The topological polar surface area (TPSA) is 46.5 Å². The van der Waals surface area contributed by atoms with Crippen LogP contribution in [0.3, 0.4) is 0 Å². The van der Waals surface area contributed by atoms with Crippen LogP contribution in [-0.2, 0) is 9.53 Å². The molecule has 6 heteroatoms. The number of rotatable bonds is 4. The predicted molar refractivity (Wildman–Crippen MR) is 57.9 cm³/mol. The summed E-state index contributed by atoms with van der Waals surface area (Å²) < 4.78 is 29.6. The Morgan fingerprint density at radius 1 is 1.35 bits per heavy atom. The number of aliphatic hydroxyl groups excluding tert-OH is 1. The molecule has 0 saturated heterocycles. The first-order valence-electron chi connectivity index (χ1n) is 4.77. The van der Waals surface area contributed by atoms with Crippen molar-refractivity contribution >= 4 is 17.6 Å². The lowest BCUT2D eigenvalue weighted by atomic mass is 9.96. The van der Waals surface area contributed by atoms with E-state index in [0.29, 0.717) is 5.02 Å². The van der Waals surface area contributed by atoms with Crippen LogP contribution in [0.15, 0.2) is 24.3 Å². The van der Waals surface area contributed by atoms with Crippen molar-refractivity contribution in [2.45, 2.75) is 12.5 Å². The third-order valence-corrected chi connectivity index (χ3v) is 2.55. The average Bonchev–Trinajstić information content (AvgIpc) is 2.29. The van der Waals surface area contributed by atoms with Gasteiger partial charge < -0.3 is 9.84 Å². The number of alkyl halides is 2. The number of esters is 1. The highest BCUT2D eigenvalue weighted by Crippen LogP contribution is 2.29. The minimum atomic E-state index is -3.01. The number of ether oxygens (including phenoxy) is 1. The molecule has 0 saturated carbocycles. The van der Waals surface area contributed by atoms with E-state index in [-0.39, 0.29) is 5.56 Å². The van der Waals surface area contributed by atoms with Gasteiger partial charge in [-0.2, -0.15) is 0 Å². The zero-order valence-corrected chi connectivity index (χ0v) is 9.69. The monoisotopic (exact) mass is 264 g/mol. The molecule has 0 aliphatic carbocycles. The molecule has 0 aromatic heterocycles. The van der Waals surface area contributed by atoms with Crippen molar-refractivity contribution in [2.24, 2.45) is 5.92 Å². The minimum Gasteiger partial charge on any atom is -0.469 e. The number of methoxy groups -OCH3 is 1. The molecule has 1 rings (SSSR count). The van der Waals surface area contributed by atoms with Crippen LogP contribution in [-0.4, -0.2) is 24.6 Å². The fourth-order valence-corrected chi connectivity index (χ4v) is 1.50. The molecule has 1 N–H and O–H groups in total. The van der Waals surface area contributed by atoms with Gasteiger partial charge in [-0.1, -0.05) is 23.7 Å². The standard InChI is InChI=1S/C11H11ClF2O3/c1-17-11(16)8(10(13)14)9(15)6-2-4-7(12)5-3-6/h2-5,8-10,15H,1H3. The van der Waals surface area contributed by atoms with E-state index < -0.39 is 24.4 Å². The first kappa shape index (κ1) is 13.9. The Balaban J connectivity index is 2.95. The summed E-state index contributed by atoms with van der Waals surface area (Å²) in [7, 11) is 0.992. The van der Waals surface area contributed by atoms with Gasteiger partial charge in [0.25, 0.3) is 6.43 Å². The largest absolute Gasteiger partial charge is 0.469 e. The molecular formula is C11H11ClF2O3. The lowest BCUT2D eigenvalue weighted by Gasteiger charge is -2.20. The Hall–Kier alpha value is -1.20. The zero-order valence-electron chi connectivity index (χ0n) is 8.94. The molecule has 0 spiro atoms. The van der Waals surface area contributed by atoms with Gasteiger partial charge in [0.05, 0.1) is 13.2 Å². The fourth-order valence-electron chi connectivity index (χ4n) is 1.37. The molecule has 94 valence electrons. The average molecular weight is 265 g/mol. The van der Waals surface area contributed by atoms with Crippen molar-refractivity contribution in [1.29, 1.82) is 0 Å². The molecule has 1 aromatic rings. The van der Waals surface area contributed by atoms with Crippen LogP contribution in [0.25, 0.3) is 0 Å². The lowest BCUT2D eigenvalue weighted by Crippen LogP contribution is -2.30. The molecule has 3 nitrogen and oxygen atoms in total. The van der Waals surface area contributed by atoms with E-state index in [2.05, 4.69) is 4.74 Å². The van der Waals surface area contributed by atoms with Gasteiger partial charge in [-0.25, -0.2) is 8.78 Å². The minimum absolute atomic E-state index is 0.185. The lowest BCUT2D eigenvalue weighted by molar-refractivity contribution is -0.157. The van der Waals surface area contributed by atoms with E-state index in [1.165, 1.54) is 24.3 Å². The second kappa shape index (κ2) is 5.93. The highest BCUT2D eigenvalue weighted by Gasteiger charge is 2.37. The van der Waals surface area contributed by atoms with Gasteiger partial charge in [0.2, 0.25) is 0 Å². The fraction of sp³-hybridized carbons (Fsp3) is 0.364. The summed E-state index contributed by atoms with van der Waals surface area (Å²) in [6.45, 7) is 0. The molecule has 2 atom stereocenters. The number of hydrogen-bond donors (Lipinski definition) is 1. The van der Waals surface area contributed by atoms with Crippen LogP contribution in [0, 0.1) is 5.92 Å². The van der Waals surface area contributed by atoms with Gasteiger partial charge in [0, 0.05) is 5.02 Å². The molecule has 1 aromatic carbocycles. The Kier molecular flexibility index (Phi) is 4.84. The molecule has 0 bridgehead atoms. The Bertz CT molecular complexity index is 381. The molecule has 0 aliphatic rings. The van der Waals surface area contributed by atoms with Gasteiger partial charge >= 0.3 is 5.97 Å². The van der Waals surface area contributed by atoms with Gasteiger partial charge in [-0.05, 0) is 17.7 Å². The summed E-state index contributed by atoms with van der Waals surface area (Å²) >= 11 is 5.63. The van der Waals surface area contributed by atoms with Gasteiger partial charge in [-0.15, -0.1) is 0 Å². The normalized spacial score (nSPS) is 14.5. The summed E-state index contributed by atoms with van der Waals surface area (Å²) in [5.41, 5.74) is 0.185. The van der Waals surface area contributed by atoms with Crippen LogP contribution in [0.2, 0.25) is 5.02 Å². The highest BCUT2D eigenvalue weighted by molar-refractivity contribution is 6.30. The molecule has 0 radical (unpaired) electrons. The Morgan fingerprint density at radius 3 is 2.29 bits per heavy atom. The van der Waals surface area contributed by atoms with E-state index >= 15 is 0 Å². The number of aliphatic hydroxyl groups is 1. The van der Waals surface area contributed by atoms with Crippen LogP contribution in [0.4, 0.5) is 8.78 Å². The maximum absolute atomic E-state index is 12.7. The SMILES string of the molecule is COC(=O)C(C(F)F)C(O)c1ccc(Cl)cc1. The second-order valence-corrected chi connectivity index (χ2v) is 3.82. The number of hydrogen-bond acceptors (Lipinski definition) is 3. The van der Waals surface area contributed by atoms with Crippen molar-refractivity contribution in [3.05, 3.63) is 34.9 Å². The van der Waals surface area contributed by atoms with Crippen LogP contribution in [0.5, 0.6) is 0 Å². The number of benzene rings is 1. The first-order chi connectivity index (χ1) is 7.97. The van der Waals surface area contributed by atoms with Crippen molar-refractivity contribution in [3.8, 4) is 0 Å². The first-order valence-corrected chi connectivity index (χ1v) is 5.14. The molecular weight excluding hydrogens is 254 g/mol. The third-order valence-electron chi connectivity index (χ3n) is 2.30. The van der Waals surface area contributed by atoms with E-state index in [4.69, 9.17) is 11.6 Å². The summed E-state index contributed by atoms with van der Waals surface area (Å²) in [4.78, 5) is 11.1. The van der Waals surface area contributed by atoms with E-state index in [1.54, 1.807) is 0 Å². The van der Waals surface area contributed by atoms with Crippen LogP contribution < -0.4 is 0 Å². The van der Waals surface area contributed by atoms with Crippen molar-refractivity contribution in [1.82, 2.24) is 0 Å². The van der Waals surface area contributed by atoms with E-state index in [1.807, 2.05) is 0 Å². The Morgan fingerprint density at radius 2 is 1.88 bits per heavy atom. The molecule has 2 unspecified atom stereocenters. The van der Waals surface area contributed by atoms with E-state index in [9.17, 15) is 18.7 Å². The maximum Gasteiger partial charge on any atom is 0.317 e. The number of halogens is 3. The van der Waals surface area contributed by atoms with Gasteiger partial charge in [0.1, 0.15) is 5.92 Å². The van der Waals surface area contributed by atoms with Crippen LogP contribution >= 0.6 is 11.6 Å². The van der Waals surface area contributed by atoms with Crippen molar-refractivity contribution in [3.63, 3.8) is 0 Å². The van der Waals surface area contributed by atoms with Gasteiger partial charge in [-0.3, -0.25) is 4.79 Å². The number of carbonyl (C=O) groups is 1. The number of carbonyl (C=O) groups excluding carboxylic acids is 1. The molecule has 0 aliphatic heterocycles. The smallest absolute Gasteiger partial charge is 0.317 e. The van der Waals surface area contributed by atoms with Crippen LogP contribution in [0.1, 0.15) is 11.7 Å². The zero-order chi connectivity index (χ0) is 13.0.